The predicted octanol–water partition coefficient (Wildman–Crippen LogP) is -0.511. The van der Waals surface area contributed by atoms with Crippen molar-refractivity contribution < 1.29 is 33.4 Å². The maximum atomic E-state index is 12.5. The number of alkyl halides is 3. The smallest absolute Gasteiger partial charge is 0.378 e. The SMILES string of the molecule is [NH2+]=C(COCC1CCCC1)c1nc(N2CC[NH2+]CC2)nc(NC2C=CNC=N2)c1NCCOCC(F)(F)F. The Bertz CT molecular complexity index is 966. The highest BCUT2D eigenvalue weighted by Crippen LogP contribution is 2.28. The number of rotatable bonds is 13. The number of piperazine rings is 1. The second kappa shape index (κ2) is 13.7. The molecule has 0 amide bonds. The van der Waals surface area contributed by atoms with Gasteiger partial charge in [-0.3, -0.25) is 5.41 Å². The highest BCUT2D eigenvalue weighted by atomic mass is 19.4. The average Bonchev–Trinajstić information content (AvgIpc) is 3.43. The minimum Gasteiger partial charge on any atom is -0.378 e. The van der Waals surface area contributed by atoms with Crippen molar-refractivity contribution in [2.45, 2.75) is 38.0 Å². The summed E-state index contributed by atoms with van der Waals surface area (Å²) in [5, 5.41) is 18.1. The molecule has 0 bridgehead atoms. The lowest BCUT2D eigenvalue weighted by Gasteiger charge is -2.27. The van der Waals surface area contributed by atoms with Gasteiger partial charge in [-0.05, 0) is 24.8 Å². The summed E-state index contributed by atoms with van der Waals surface area (Å²) in [5.74, 6) is 1.51. The van der Waals surface area contributed by atoms with Crippen LogP contribution in [-0.4, -0.2) is 93.5 Å². The largest absolute Gasteiger partial charge is 0.411 e. The fraction of sp³-hybridized carbons (Fsp3) is 0.667. The molecule has 0 radical (unpaired) electrons. The molecule has 3 aliphatic rings. The molecule has 2 fully saturated rings. The number of nitrogens with two attached hydrogens (primary N) is 2. The van der Waals surface area contributed by atoms with Gasteiger partial charge in [0.15, 0.2) is 11.5 Å². The summed E-state index contributed by atoms with van der Waals surface area (Å²) >= 11 is 0. The molecule has 210 valence electrons. The van der Waals surface area contributed by atoms with Crippen LogP contribution in [0.4, 0.5) is 30.6 Å². The van der Waals surface area contributed by atoms with E-state index < -0.39 is 18.9 Å². The molecule has 1 saturated carbocycles. The molecule has 1 unspecified atom stereocenters. The molecule has 3 heterocycles. The van der Waals surface area contributed by atoms with Crippen molar-refractivity contribution in [1.82, 2.24) is 15.3 Å². The molecule has 2 aliphatic heterocycles. The van der Waals surface area contributed by atoms with Gasteiger partial charge in [0.05, 0.1) is 45.7 Å². The second-order valence-electron chi connectivity index (χ2n) is 9.63. The molecule has 0 spiro atoms. The highest BCUT2D eigenvalue weighted by molar-refractivity contribution is 6.02. The number of nitrogens with one attached hydrogen (secondary N) is 3. The first kappa shape index (κ1) is 28.0. The van der Waals surface area contributed by atoms with E-state index in [1.165, 1.54) is 12.8 Å². The van der Waals surface area contributed by atoms with Gasteiger partial charge in [-0.15, -0.1) is 0 Å². The van der Waals surface area contributed by atoms with Gasteiger partial charge in [-0.2, -0.15) is 18.2 Å². The highest BCUT2D eigenvalue weighted by Gasteiger charge is 2.28. The number of hydrogen-bond donors (Lipinski definition) is 5. The Kier molecular flexibility index (Phi) is 10.1. The van der Waals surface area contributed by atoms with Gasteiger partial charge < -0.3 is 35.6 Å². The Morgan fingerprint density at radius 3 is 2.68 bits per heavy atom. The molecular formula is C24H38F3N9O2+2. The standard InChI is InChI=1S/C24H36F3N9O2/c25-24(26,27)15-37-12-9-31-21-20(18(28)14-38-13-17-3-1-2-4-17)34-23(36-10-7-29-8-11-36)35-22(21)33-19-5-6-30-16-32-19/h5-6,16-17,19,28-29,31H,1-4,7-15H2,(H,30,32)(H,33,34,35)/p+2. The summed E-state index contributed by atoms with van der Waals surface area (Å²) in [6, 6.07) is 0. The average molecular weight is 542 g/mol. The van der Waals surface area contributed by atoms with E-state index in [-0.39, 0.29) is 19.8 Å². The quantitative estimate of drug-likeness (QED) is 0.166. The third-order valence-electron chi connectivity index (χ3n) is 6.56. The second-order valence-corrected chi connectivity index (χ2v) is 9.63. The molecule has 1 aliphatic carbocycles. The molecule has 14 heteroatoms. The first-order chi connectivity index (χ1) is 18.4. The lowest BCUT2D eigenvalue weighted by molar-refractivity contribution is -0.655. The molecule has 4 rings (SSSR count). The Balaban J connectivity index is 1.56. The number of halogens is 3. The molecule has 1 aromatic rings. The molecule has 1 saturated heterocycles. The van der Waals surface area contributed by atoms with Gasteiger partial charge in [0, 0.05) is 12.7 Å². The van der Waals surface area contributed by atoms with Crippen molar-refractivity contribution in [3.63, 3.8) is 0 Å². The maximum Gasteiger partial charge on any atom is 0.411 e. The number of aromatic nitrogens is 2. The molecule has 38 heavy (non-hydrogen) atoms. The van der Waals surface area contributed by atoms with Crippen LogP contribution in [0.5, 0.6) is 0 Å². The number of quaternary nitrogens is 1. The summed E-state index contributed by atoms with van der Waals surface area (Å²) in [6.45, 7) is 2.84. The van der Waals surface area contributed by atoms with Crippen molar-refractivity contribution in [2.24, 2.45) is 10.9 Å². The van der Waals surface area contributed by atoms with Crippen molar-refractivity contribution in [3.05, 3.63) is 18.0 Å². The third-order valence-corrected chi connectivity index (χ3v) is 6.56. The van der Waals surface area contributed by atoms with Crippen molar-refractivity contribution in [2.75, 3.05) is 74.7 Å². The summed E-state index contributed by atoms with van der Waals surface area (Å²) < 4.78 is 48.3. The van der Waals surface area contributed by atoms with E-state index in [2.05, 4.69) is 31.2 Å². The van der Waals surface area contributed by atoms with Gasteiger partial charge >= 0.3 is 6.18 Å². The zero-order valence-corrected chi connectivity index (χ0v) is 21.5. The number of aliphatic imine (C=N–C) groups is 1. The van der Waals surface area contributed by atoms with E-state index >= 15 is 0 Å². The minimum atomic E-state index is -4.39. The van der Waals surface area contributed by atoms with Crippen molar-refractivity contribution in [3.8, 4) is 0 Å². The van der Waals surface area contributed by atoms with E-state index in [0.717, 1.165) is 39.0 Å². The van der Waals surface area contributed by atoms with Crippen LogP contribution in [0.3, 0.4) is 0 Å². The number of nitrogens with zero attached hydrogens (tertiary/aromatic N) is 4. The van der Waals surface area contributed by atoms with Gasteiger partial charge in [-0.25, -0.2) is 9.98 Å². The van der Waals surface area contributed by atoms with Crippen LogP contribution in [0.15, 0.2) is 17.3 Å². The van der Waals surface area contributed by atoms with Crippen LogP contribution < -0.4 is 31.6 Å². The molecular weight excluding hydrogens is 503 g/mol. The summed E-state index contributed by atoms with van der Waals surface area (Å²) in [6.07, 6.45) is 5.13. The van der Waals surface area contributed by atoms with E-state index in [1.54, 1.807) is 12.5 Å². The van der Waals surface area contributed by atoms with Gasteiger partial charge in [0.2, 0.25) is 11.7 Å². The van der Waals surface area contributed by atoms with Crippen LogP contribution in [-0.2, 0) is 9.47 Å². The van der Waals surface area contributed by atoms with Crippen LogP contribution >= 0.6 is 0 Å². The van der Waals surface area contributed by atoms with Gasteiger partial charge in [-0.1, -0.05) is 12.8 Å². The fourth-order valence-corrected chi connectivity index (χ4v) is 4.65. The van der Waals surface area contributed by atoms with Crippen LogP contribution in [0.2, 0.25) is 0 Å². The first-order valence-corrected chi connectivity index (χ1v) is 13.2. The number of anilines is 3. The Labute approximate surface area is 220 Å². The lowest BCUT2D eigenvalue weighted by atomic mass is 10.1. The number of hydrogen-bond acceptors (Lipinski definition) is 9. The third kappa shape index (κ3) is 8.53. The molecule has 11 nitrogen and oxygen atoms in total. The first-order valence-electron chi connectivity index (χ1n) is 13.2. The number of ether oxygens (including phenoxy) is 2. The minimum absolute atomic E-state index is 0.0979. The fourth-order valence-electron chi connectivity index (χ4n) is 4.65. The Hall–Kier alpha value is -2.97. The van der Waals surface area contributed by atoms with E-state index in [1.807, 2.05) is 6.08 Å². The van der Waals surface area contributed by atoms with Crippen molar-refractivity contribution >= 4 is 29.5 Å². The summed E-state index contributed by atoms with van der Waals surface area (Å²) in [5.41, 5.74) is 1.34. The van der Waals surface area contributed by atoms with E-state index in [9.17, 15) is 13.2 Å². The molecule has 7 N–H and O–H groups in total. The summed E-state index contributed by atoms with van der Waals surface area (Å²) in [7, 11) is 0. The predicted molar refractivity (Wildman–Crippen MR) is 138 cm³/mol. The molecule has 0 aromatic carbocycles. The Morgan fingerprint density at radius 1 is 1.18 bits per heavy atom. The maximum absolute atomic E-state index is 12.5. The van der Waals surface area contributed by atoms with E-state index in [4.69, 9.17) is 24.9 Å². The van der Waals surface area contributed by atoms with Crippen LogP contribution in [0.1, 0.15) is 31.4 Å². The van der Waals surface area contributed by atoms with Crippen molar-refractivity contribution in [1.29, 1.82) is 0 Å². The topological polar surface area (TPSA) is 138 Å². The monoisotopic (exact) mass is 541 g/mol. The zero-order chi connectivity index (χ0) is 26.8. The van der Waals surface area contributed by atoms with Gasteiger partial charge in [0.1, 0.15) is 25.1 Å². The van der Waals surface area contributed by atoms with Crippen LogP contribution in [0.25, 0.3) is 0 Å². The molecule has 1 atom stereocenters. The van der Waals surface area contributed by atoms with Gasteiger partial charge in [0.25, 0.3) is 0 Å². The van der Waals surface area contributed by atoms with Crippen LogP contribution in [0, 0.1) is 5.92 Å². The summed E-state index contributed by atoms with van der Waals surface area (Å²) in [4.78, 5) is 16.0. The molecule has 1 aromatic heterocycles. The normalized spacial score (nSPS) is 20.0. The zero-order valence-electron chi connectivity index (χ0n) is 21.5. The Morgan fingerprint density at radius 2 is 1.97 bits per heavy atom. The lowest BCUT2D eigenvalue weighted by Crippen LogP contribution is -2.89. The van der Waals surface area contributed by atoms with E-state index in [0.29, 0.717) is 41.4 Å².